The van der Waals surface area contributed by atoms with Gasteiger partial charge >= 0.3 is 0 Å². The first kappa shape index (κ1) is 80.7. The van der Waals surface area contributed by atoms with Crippen molar-refractivity contribution in [2.75, 3.05) is 67.4 Å². The van der Waals surface area contributed by atoms with Gasteiger partial charge in [-0.2, -0.15) is 0 Å². The molecular formula is C111H102N8. The van der Waals surface area contributed by atoms with Crippen LogP contribution in [0.25, 0.3) is 11.1 Å². The van der Waals surface area contributed by atoms with Gasteiger partial charge in [-0.25, -0.2) is 0 Å². The number of nitrogens with zero attached hydrogens (tertiary/aromatic N) is 8. The highest BCUT2D eigenvalue weighted by Crippen LogP contribution is 2.43. The first-order valence-electron chi connectivity index (χ1n) is 40.6. The van der Waals surface area contributed by atoms with Crippen molar-refractivity contribution < 1.29 is 0 Å². The summed E-state index contributed by atoms with van der Waals surface area (Å²) < 4.78 is 0. The Morgan fingerprint density at radius 2 is 0.319 bits per heavy atom. The van der Waals surface area contributed by atoms with Crippen LogP contribution in [0.1, 0.15) is 31.9 Å². The number of hydrogen-bond acceptors (Lipinski definition) is 8. The van der Waals surface area contributed by atoms with Gasteiger partial charge in [0.2, 0.25) is 0 Å². The molecule has 0 heterocycles. The molecular weight excluding hydrogens is 1450 g/mol. The van der Waals surface area contributed by atoms with Crippen LogP contribution < -0.4 is 39.2 Å². The van der Waals surface area contributed by atoms with Crippen LogP contribution in [0.5, 0.6) is 0 Å². The monoisotopic (exact) mass is 1550 g/mol. The fourth-order valence-corrected chi connectivity index (χ4v) is 14.5. The second-order valence-corrected chi connectivity index (χ2v) is 30.2. The lowest BCUT2D eigenvalue weighted by Gasteiger charge is -2.27. The molecule has 0 atom stereocenters. The molecule has 0 aromatic heterocycles. The second kappa shape index (κ2) is 39.5. The Morgan fingerprint density at radius 1 is 0.151 bits per heavy atom. The molecule has 0 spiro atoms. The maximum Gasteiger partial charge on any atom is 0.0482 e. The fourth-order valence-electron chi connectivity index (χ4n) is 14.5. The van der Waals surface area contributed by atoms with Crippen molar-refractivity contribution in [1.82, 2.24) is 0 Å². The minimum absolute atomic E-state index is 0.156. The van der Waals surface area contributed by atoms with Crippen molar-refractivity contribution in [2.24, 2.45) is 0 Å². The molecule has 119 heavy (non-hydrogen) atoms. The lowest BCUT2D eigenvalue weighted by molar-refractivity contribution is 0.590. The van der Waals surface area contributed by atoms with Gasteiger partial charge in [0.1, 0.15) is 0 Å². The average Bonchev–Trinajstić information content (AvgIpc) is 0.814. The van der Waals surface area contributed by atoms with Crippen LogP contribution in [0.15, 0.2) is 473 Å². The summed E-state index contributed by atoms with van der Waals surface area (Å²) in [6.07, 6.45) is 0. The summed E-state index contributed by atoms with van der Waals surface area (Å²) in [5, 5.41) is 0. The largest absolute Gasteiger partial charge is 0.345 e. The molecule has 8 heteroatoms. The molecule has 0 amide bonds. The van der Waals surface area contributed by atoms with Gasteiger partial charge in [0.15, 0.2) is 0 Å². The summed E-state index contributed by atoms with van der Waals surface area (Å²) in [6.45, 7) is 8.85. The predicted molar refractivity (Wildman–Crippen MR) is 511 cm³/mol. The van der Waals surface area contributed by atoms with Crippen molar-refractivity contribution >= 4 is 114 Å². The summed E-state index contributed by atoms with van der Waals surface area (Å²) in [7, 11) is 8.45. The number of para-hydroxylation sites is 9. The second-order valence-electron chi connectivity index (χ2n) is 30.2. The molecule has 0 bridgehead atoms. The van der Waals surface area contributed by atoms with Crippen LogP contribution in [-0.4, -0.2) is 28.2 Å². The highest BCUT2D eigenvalue weighted by Gasteiger charge is 2.21. The van der Waals surface area contributed by atoms with Crippen LogP contribution in [0, 0.1) is 6.92 Å². The van der Waals surface area contributed by atoms with Gasteiger partial charge in [0.25, 0.3) is 0 Å². The highest BCUT2D eigenvalue weighted by molar-refractivity contribution is 5.85. The maximum absolute atomic E-state index is 2.29. The Balaban J connectivity index is 0.000000131. The Labute approximate surface area is 705 Å². The number of benzene rings is 17. The van der Waals surface area contributed by atoms with E-state index in [-0.39, 0.29) is 5.41 Å². The van der Waals surface area contributed by atoms with Crippen molar-refractivity contribution in [3.05, 3.63) is 484 Å². The molecule has 586 valence electrons. The Hall–Kier alpha value is -14.9. The summed E-state index contributed by atoms with van der Waals surface area (Å²) >= 11 is 0. The third-order valence-electron chi connectivity index (χ3n) is 21.1. The van der Waals surface area contributed by atoms with Crippen LogP contribution in [0.4, 0.5) is 114 Å². The first-order chi connectivity index (χ1) is 58.3. The van der Waals surface area contributed by atoms with Gasteiger partial charge in [-0.3, -0.25) is 0 Å². The normalized spacial score (nSPS) is 10.7. The van der Waals surface area contributed by atoms with Crippen LogP contribution >= 0.6 is 0 Å². The van der Waals surface area contributed by atoms with Crippen LogP contribution in [0.2, 0.25) is 0 Å². The predicted octanol–water partition coefficient (Wildman–Crippen LogP) is 31.0. The Bertz CT molecular complexity index is 5730. The number of hydrogen-bond donors (Lipinski definition) is 0. The van der Waals surface area contributed by atoms with E-state index in [1.165, 1.54) is 39.3 Å². The number of rotatable bonds is 21. The fraction of sp³-hybridized carbons (Fsp3) is 0.0811. The van der Waals surface area contributed by atoms with Gasteiger partial charge < -0.3 is 39.2 Å². The lowest BCUT2D eigenvalue weighted by Crippen LogP contribution is -2.14. The maximum atomic E-state index is 2.29. The average molecular weight is 1550 g/mol. The third-order valence-corrected chi connectivity index (χ3v) is 21.1. The molecule has 17 rings (SSSR count). The molecule has 0 N–H and O–H groups in total. The highest BCUT2D eigenvalue weighted by atomic mass is 15.2. The van der Waals surface area contributed by atoms with E-state index < -0.39 is 0 Å². The minimum Gasteiger partial charge on any atom is -0.345 e. The van der Waals surface area contributed by atoms with Crippen molar-refractivity contribution in [1.29, 1.82) is 0 Å². The van der Waals surface area contributed by atoms with Gasteiger partial charge in [0.05, 0.1) is 0 Å². The smallest absolute Gasteiger partial charge is 0.0482 e. The molecule has 0 aliphatic heterocycles. The molecule has 17 aromatic rings. The summed E-state index contributed by atoms with van der Waals surface area (Å²) in [4.78, 5) is 18.0. The third kappa shape index (κ3) is 20.8. The van der Waals surface area contributed by atoms with E-state index in [0.717, 1.165) is 96.7 Å². The minimum atomic E-state index is 0.156. The summed E-state index contributed by atoms with van der Waals surface area (Å²) in [5.74, 6) is 0. The molecule has 17 aromatic carbocycles. The summed E-state index contributed by atoms with van der Waals surface area (Å²) in [5.41, 5.74) is 28.1. The molecule has 8 nitrogen and oxygen atoms in total. The van der Waals surface area contributed by atoms with Gasteiger partial charge in [-0.15, -0.1) is 0 Å². The zero-order valence-electron chi connectivity index (χ0n) is 69.1. The standard InChI is InChI=1S/C31H26N2.C29H30N2.C26H24N2.C25H22N2/c1-32(27-22-20-26(21-23-27)25-12-5-2-6-13-25)30-18-11-19-31(24-30)33(28-14-7-3-8-15-28)29-16-9-4-10-17-29;1-29(2,3)23-18-20-24(21-19-23)30(4)27-16-11-17-28(22-27)31(25-12-7-5-8-13-25)26-14-9-6-10-15-26;1-21-16-18-22(19-17-21)27(2)25-14-9-15-26(20-25)28(23-10-5-3-6-11-23)24-12-7-4-8-13-24;1-26(21-12-5-2-6-13-21)24-18-11-19-25(20-24)27(22-14-7-3-8-15-22)23-16-9-4-10-17-23/h2-24H,1H3;5-22H,1-4H3;3-20H,1-2H3;2-20H,1H3. The lowest BCUT2D eigenvalue weighted by atomic mass is 9.87. The van der Waals surface area contributed by atoms with Crippen molar-refractivity contribution in [3.8, 4) is 11.1 Å². The first-order valence-corrected chi connectivity index (χ1v) is 40.6. The molecule has 0 radical (unpaired) electrons. The van der Waals surface area contributed by atoms with Crippen molar-refractivity contribution in [3.63, 3.8) is 0 Å². The van der Waals surface area contributed by atoms with Crippen LogP contribution in [-0.2, 0) is 5.41 Å². The SMILES string of the molecule is CN(c1ccc(-c2ccccc2)cc1)c1cccc(N(c2ccccc2)c2ccccc2)c1.CN(c1ccc(C(C)(C)C)cc1)c1cccc(N(c2ccccc2)c2ccccc2)c1.CN(c1ccccc1)c1cccc(N(c2ccccc2)c2ccccc2)c1.Cc1ccc(N(C)c2cccc(N(c3ccccc3)c3ccccc3)c2)cc1. The van der Waals surface area contributed by atoms with E-state index in [9.17, 15) is 0 Å². The number of anilines is 20. The van der Waals surface area contributed by atoms with E-state index in [0.29, 0.717) is 0 Å². The van der Waals surface area contributed by atoms with Gasteiger partial charge in [0, 0.05) is 142 Å². The van der Waals surface area contributed by atoms with E-state index >= 15 is 0 Å². The Morgan fingerprint density at radius 3 is 0.546 bits per heavy atom. The Kier molecular flexibility index (Phi) is 26.8. The summed E-state index contributed by atoms with van der Waals surface area (Å²) in [6, 6.07) is 166. The zero-order chi connectivity index (χ0) is 82.1. The van der Waals surface area contributed by atoms with Crippen LogP contribution in [0.3, 0.4) is 0 Å². The van der Waals surface area contributed by atoms with E-state index in [1.54, 1.807) is 0 Å². The molecule has 0 aliphatic carbocycles. The van der Waals surface area contributed by atoms with Gasteiger partial charge in [-0.05, 0) is 247 Å². The van der Waals surface area contributed by atoms with E-state index in [1.807, 2.05) is 36.4 Å². The van der Waals surface area contributed by atoms with Gasteiger partial charge in [-0.1, -0.05) is 281 Å². The topological polar surface area (TPSA) is 25.9 Å². The molecule has 0 unspecified atom stereocenters. The quantitative estimate of drug-likeness (QED) is 0.0702. The zero-order valence-corrected chi connectivity index (χ0v) is 69.1. The molecule has 0 saturated heterocycles. The van der Waals surface area contributed by atoms with Crippen molar-refractivity contribution in [2.45, 2.75) is 33.1 Å². The molecule has 0 saturated carbocycles. The van der Waals surface area contributed by atoms with E-state index in [4.69, 9.17) is 0 Å². The number of aryl methyl sites for hydroxylation is 1. The molecule has 0 aliphatic rings. The van der Waals surface area contributed by atoms with E-state index in [2.05, 4.69) is 532 Å². The molecule has 0 fully saturated rings.